The minimum atomic E-state index is -0.384. The van der Waals surface area contributed by atoms with Crippen LogP contribution in [0.1, 0.15) is 21.8 Å². The molecule has 3 aromatic rings. The molecule has 0 spiro atoms. The maximum atomic E-state index is 12.1. The molecule has 2 N–H and O–H groups in total. The largest absolute Gasteiger partial charge is 0.366 e. The van der Waals surface area contributed by atoms with E-state index in [0.717, 1.165) is 5.56 Å². The smallest absolute Gasteiger partial charge is 0.275 e. The summed E-state index contributed by atoms with van der Waals surface area (Å²) >= 11 is 0. The van der Waals surface area contributed by atoms with E-state index in [1.807, 2.05) is 12.1 Å². The minimum absolute atomic E-state index is 0.231. The van der Waals surface area contributed by atoms with Crippen molar-refractivity contribution in [1.29, 1.82) is 0 Å². The average Bonchev–Trinajstić information content (AvgIpc) is 2.99. The van der Waals surface area contributed by atoms with Gasteiger partial charge in [-0.25, -0.2) is 9.97 Å². The number of amides is 1. The maximum Gasteiger partial charge on any atom is 0.275 e. The Kier molecular flexibility index (Phi) is 4.23. The predicted molar refractivity (Wildman–Crippen MR) is 82.8 cm³/mol. The molecule has 1 amide bonds. The molecule has 0 bridgehead atoms. The highest BCUT2D eigenvalue weighted by Crippen LogP contribution is 2.11. The summed E-state index contributed by atoms with van der Waals surface area (Å²) in [6.45, 7) is 2.29. The van der Waals surface area contributed by atoms with E-state index in [1.165, 1.54) is 6.33 Å². The third-order valence-electron chi connectivity index (χ3n) is 2.97. The molecule has 0 aromatic carbocycles. The summed E-state index contributed by atoms with van der Waals surface area (Å²) in [6, 6.07) is 7.00. The number of aromatic nitrogens is 4. The molecule has 0 aliphatic heterocycles. The van der Waals surface area contributed by atoms with Gasteiger partial charge in [0.1, 0.15) is 23.6 Å². The quantitative estimate of drug-likeness (QED) is 0.742. The Morgan fingerprint density at radius 1 is 1.26 bits per heavy atom. The van der Waals surface area contributed by atoms with E-state index < -0.39 is 0 Å². The van der Waals surface area contributed by atoms with Gasteiger partial charge in [-0.05, 0) is 18.6 Å². The van der Waals surface area contributed by atoms with Crippen LogP contribution in [-0.4, -0.2) is 26.0 Å². The van der Waals surface area contributed by atoms with Gasteiger partial charge in [-0.15, -0.1) is 0 Å². The Morgan fingerprint density at radius 2 is 2.17 bits per heavy atom. The first-order chi connectivity index (χ1) is 11.2. The van der Waals surface area contributed by atoms with Crippen LogP contribution in [-0.2, 0) is 6.54 Å². The highest BCUT2D eigenvalue weighted by atomic mass is 16.5. The lowest BCUT2D eigenvalue weighted by Gasteiger charge is -2.06. The van der Waals surface area contributed by atoms with Gasteiger partial charge in [0, 0.05) is 31.1 Å². The summed E-state index contributed by atoms with van der Waals surface area (Å²) < 4.78 is 4.90. The van der Waals surface area contributed by atoms with E-state index in [9.17, 15) is 4.79 Å². The summed E-state index contributed by atoms with van der Waals surface area (Å²) in [6.07, 6.45) is 4.80. The fourth-order valence-corrected chi connectivity index (χ4v) is 1.88. The fourth-order valence-electron chi connectivity index (χ4n) is 1.88. The van der Waals surface area contributed by atoms with Crippen molar-refractivity contribution in [3.05, 3.63) is 60.0 Å². The molecule has 0 fully saturated rings. The molecular weight excluding hydrogens is 296 g/mol. The first kappa shape index (κ1) is 14.6. The number of carbonyl (C=O) groups is 1. The number of nitrogens with one attached hydrogen (secondary N) is 2. The van der Waals surface area contributed by atoms with Gasteiger partial charge in [0.25, 0.3) is 5.91 Å². The normalized spacial score (nSPS) is 10.3. The SMILES string of the molecule is Cc1cc(NC(=O)c2cc(NCc3cccnc3)ncn2)no1. The topological polar surface area (TPSA) is 106 Å². The third kappa shape index (κ3) is 3.88. The van der Waals surface area contributed by atoms with Gasteiger partial charge in [-0.3, -0.25) is 9.78 Å². The average molecular weight is 310 g/mol. The first-order valence-corrected chi connectivity index (χ1v) is 6.90. The van der Waals surface area contributed by atoms with Gasteiger partial charge < -0.3 is 15.2 Å². The molecule has 3 aromatic heterocycles. The number of anilines is 2. The van der Waals surface area contributed by atoms with Crippen LogP contribution in [0, 0.1) is 6.92 Å². The predicted octanol–water partition coefficient (Wildman–Crippen LogP) is 2.03. The van der Waals surface area contributed by atoms with Crippen LogP contribution in [0.2, 0.25) is 0 Å². The monoisotopic (exact) mass is 310 g/mol. The zero-order valence-electron chi connectivity index (χ0n) is 12.4. The molecule has 8 heteroatoms. The molecule has 0 saturated carbocycles. The van der Waals surface area contributed by atoms with Crippen LogP contribution in [0.15, 0.2) is 47.5 Å². The second-order valence-electron chi connectivity index (χ2n) is 4.78. The molecule has 0 radical (unpaired) electrons. The van der Waals surface area contributed by atoms with Crippen LogP contribution in [0.5, 0.6) is 0 Å². The maximum absolute atomic E-state index is 12.1. The van der Waals surface area contributed by atoms with Crippen LogP contribution in [0.3, 0.4) is 0 Å². The van der Waals surface area contributed by atoms with Crippen LogP contribution < -0.4 is 10.6 Å². The van der Waals surface area contributed by atoms with Crippen molar-refractivity contribution in [2.24, 2.45) is 0 Å². The van der Waals surface area contributed by atoms with Crippen molar-refractivity contribution in [3.63, 3.8) is 0 Å². The van der Waals surface area contributed by atoms with Gasteiger partial charge in [0.2, 0.25) is 0 Å². The summed E-state index contributed by atoms with van der Waals surface area (Å²) in [5.74, 6) is 1.12. The van der Waals surface area contributed by atoms with Gasteiger partial charge in [-0.2, -0.15) is 0 Å². The number of hydrogen-bond donors (Lipinski definition) is 2. The highest BCUT2D eigenvalue weighted by molar-refractivity contribution is 6.02. The number of rotatable bonds is 5. The molecule has 3 heterocycles. The van der Waals surface area contributed by atoms with E-state index in [4.69, 9.17) is 4.52 Å². The number of aryl methyl sites for hydroxylation is 1. The molecule has 0 unspecified atom stereocenters. The lowest BCUT2D eigenvalue weighted by molar-refractivity contribution is 0.102. The van der Waals surface area contributed by atoms with Crippen molar-refractivity contribution in [3.8, 4) is 0 Å². The van der Waals surface area contributed by atoms with Crippen molar-refractivity contribution >= 4 is 17.5 Å². The molecular formula is C15H14N6O2. The minimum Gasteiger partial charge on any atom is -0.366 e. The fraction of sp³-hybridized carbons (Fsp3) is 0.133. The van der Waals surface area contributed by atoms with Crippen molar-refractivity contribution in [1.82, 2.24) is 20.1 Å². The molecule has 3 rings (SSSR count). The van der Waals surface area contributed by atoms with Crippen LogP contribution in [0.4, 0.5) is 11.6 Å². The summed E-state index contributed by atoms with van der Waals surface area (Å²) in [5, 5.41) is 9.43. The third-order valence-corrected chi connectivity index (χ3v) is 2.97. The number of carbonyl (C=O) groups excluding carboxylic acids is 1. The van der Waals surface area contributed by atoms with E-state index in [1.54, 1.807) is 31.5 Å². The van der Waals surface area contributed by atoms with E-state index in [-0.39, 0.29) is 11.6 Å². The Balaban J connectivity index is 1.65. The second-order valence-corrected chi connectivity index (χ2v) is 4.78. The molecule has 0 saturated heterocycles. The molecule has 0 aliphatic rings. The molecule has 116 valence electrons. The van der Waals surface area contributed by atoms with E-state index >= 15 is 0 Å². The van der Waals surface area contributed by atoms with Gasteiger partial charge in [0.05, 0.1) is 0 Å². The number of pyridine rings is 1. The Labute approximate surface area is 132 Å². The standard InChI is InChI=1S/C15H14N6O2/c1-10-5-14(21-23-10)20-15(22)12-6-13(19-9-18-12)17-8-11-3-2-4-16-7-11/h2-7,9H,8H2,1H3,(H,17,18,19)(H,20,21,22). The summed E-state index contributed by atoms with van der Waals surface area (Å²) in [4.78, 5) is 24.2. The van der Waals surface area contributed by atoms with Crippen molar-refractivity contribution in [2.45, 2.75) is 13.5 Å². The summed E-state index contributed by atoms with van der Waals surface area (Å²) in [5.41, 5.74) is 1.24. The van der Waals surface area contributed by atoms with Gasteiger partial charge >= 0.3 is 0 Å². The van der Waals surface area contributed by atoms with Crippen molar-refractivity contribution in [2.75, 3.05) is 10.6 Å². The lowest BCUT2D eigenvalue weighted by Crippen LogP contribution is -2.15. The van der Waals surface area contributed by atoms with E-state index in [0.29, 0.717) is 23.9 Å². The molecule has 8 nitrogen and oxygen atoms in total. The second kappa shape index (κ2) is 6.65. The van der Waals surface area contributed by atoms with Crippen LogP contribution in [0.25, 0.3) is 0 Å². The number of nitrogens with zero attached hydrogens (tertiary/aromatic N) is 4. The molecule has 0 atom stereocenters. The molecule has 23 heavy (non-hydrogen) atoms. The highest BCUT2D eigenvalue weighted by Gasteiger charge is 2.11. The summed E-state index contributed by atoms with van der Waals surface area (Å²) in [7, 11) is 0. The Morgan fingerprint density at radius 3 is 2.91 bits per heavy atom. The number of hydrogen-bond acceptors (Lipinski definition) is 7. The zero-order chi connectivity index (χ0) is 16.1. The molecule has 0 aliphatic carbocycles. The van der Waals surface area contributed by atoms with Crippen molar-refractivity contribution < 1.29 is 9.32 Å². The zero-order valence-corrected chi connectivity index (χ0v) is 12.4. The Hall–Kier alpha value is -3.29. The van der Waals surface area contributed by atoms with E-state index in [2.05, 4.69) is 30.7 Å². The van der Waals surface area contributed by atoms with Gasteiger partial charge in [0.15, 0.2) is 5.82 Å². The lowest BCUT2D eigenvalue weighted by atomic mass is 10.3. The van der Waals surface area contributed by atoms with Gasteiger partial charge in [-0.1, -0.05) is 11.2 Å². The Bertz CT molecular complexity index is 802. The first-order valence-electron chi connectivity index (χ1n) is 6.90. The van der Waals surface area contributed by atoms with Crippen LogP contribution >= 0.6 is 0 Å².